The SMILES string of the molecule is CCCCC1(O)CCC(C)c2ccccc21. The van der Waals surface area contributed by atoms with Gasteiger partial charge in [0.2, 0.25) is 0 Å². The monoisotopic (exact) mass is 218 g/mol. The van der Waals surface area contributed by atoms with Crippen LogP contribution in [0.4, 0.5) is 0 Å². The molecule has 0 saturated carbocycles. The Morgan fingerprint density at radius 2 is 2.12 bits per heavy atom. The minimum absolute atomic E-state index is 0.556. The molecule has 1 N–H and O–H groups in total. The van der Waals surface area contributed by atoms with Crippen molar-refractivity contribution in [3.63, 3.8) is 0 Å². The van der Waals surface area contributed by atoms with Gasteiger partial charge in [0.25, 0.3) is 0 Å². The molecular weight excluding hydrogens is 196 g/mol. The first-order chi connectivity index (χ1) is 7.67. The van der Waals surface area contributed by atoms with Crippen LogP contribution in [0.1, 0.15) is 63.0 Å². The van der Waals surface area contributed by atoms with Crippen molar-refractivity contribution in [2.24, 2.45) is 0 Å². The number of hydrogen-bond donors (Lipinski definition) is 1. The van der Waals surface area contributed by atoms with Crippen molar-refractivity contribution in [1.29, 1.82) is 0 Å². The number of rotatable bonds is 3. The maximum atomic E-state index is 10.8. The van der Waals surface area contributed by atoms with Gasteiger partial charge >= 0.3 is 0 Å². The fraction of sp³-hybridized carbons (Fsp3) is 0.600. The van der Waals surface area contributed by atoms with Gasteiger partial charge < -0.3 is 5.11 Å². The van der Waals surface area contributed by atoms with Gasteiger partial charge in [-0.1, -0.05) is 51.0 Å². The lowest BCUT2D eigenvalue weighted by molar-refractivity contribution is 0.00504. The predicted molar refractivity (Wildman–Crippen MR) is 67.5 cm³/mol. The Balaban J connectivity index is 2.33. The third kappa shape index (κ3) is 2.01. The zero-order valence-electron chi connectivity index (χ0n) is 10.4. The van der Waals surface area contributed by atoms with E-state index in [0.29, 0.717) is 5.92 Å². The summed E-state index contributed by atoms with van der Waals surface area (Å²) in [5.41, 5.74) is 1.98. The molecule has 1 aliphatic carbocycles. The Labute approximate surface area is 98.5 Å². The smallest absolute Gasteiger partial charge is 0.0899 e. The molecule has 1 aromatic rings. The van der Waals surface area contributed by atoms with Crippen LogP contribution in [0.2, 0.25) is 0 Å². The van der Waals surface area contributed by atoms with Gasteiger partial charge in [0.15, 0.2) is 0 Å². The number of fused-ring (bicyclic) bond motifs is 1. The third-order valence-electron chi connectivity index (χ3n) is 3.93. The summed E-state index contributed by atoms with van der Waals surface area (Å²) in [6, 6.07) is 8.42. The fourth-order valence-corrected chi connectivity index (χ4v) is 2.82. The normalized spacial score (nSPS) is 28.8. The highest BCUT2D eigenvalue weighted by atomic mass is 16.3. The summed E-state index contributed by atoms with van der Waals surface area (Å²) in [6.45, 7) is 4.44. The molecule has 0 aromatic heterocycles. The predicted octanol–water partition coefficient (Wildman–Crippen LogP) is 3.96. The topological polar surface area (TPSA) is 20.2 Å². The van der Waals surface area contributed by atoms with Crippen LogP contribution in [0.3, 0.4) is 0 Å². The third-order valence-corrected chi connectivity index (χ3v) is 3.93. The van der Waals surface area contributed by atoms with E-state index in [4.69, 9.17) is 0 Å². The second-order valence-corrected chi connectivity index (χ2v) is 5.16. The van der Waals surface area contributed by atoms with Crippen molar-refractivity contribution >= 4 is 0 Å². The minimum Gasteiger partial charge on any atom is -0.385 e. The maximum Gasteiger partial charge on any atom is 0.0899 e. The zero-order chi connectivity index (χ0) is 11.6. The highest BCUT2D eigenvalue weighted by molar-refractivity contribution is 5.37. The van der Waals surface area contributed by atoms with E-state index >= 15 is 0 Å². The van der Waals surface area contributed by atoms with Gasteiger partial charge in [0, 0.05) is 0 Å². The number of hydrogen-bond acceptors (Lipinski definition) is 1. The molecule has 88 valence electrons. The number of benzene rings is 1. The summed E-state index contributed by atoms with van der Waals surface area (Å²) in [6.07, 6.45) is 5.20. The first-order valence-electron chi connectivity index (χ1n) is 6.49. The van der Waals surface area contributed by atoms with Crippen LogP contribution in [-0.4, -0.2) is 5.11 Å². The van der Waals surface area contributed by atoms with Gasteiger partial charge in [0.1, 0.15) is 0 Å². The molecule has 0 bridgehead atoms. The lowest BCUT2D eigenvalue weighted by Gasteiger charge is -2.37. The first kappa shape index (κ1) is 11.7. The molecule has 0 saturated heterocycles. The van der Waals surface area contributed by atoms with Crippen LogP contribution in [-0.2, 0) is 5.60 Å². The Morgan fingerprint density at radius 1 is 1.38 bits per heavy atom. The van der Waals surface area contributed by atoms with Gasteiger partial charge in [-0.2, -0.15) is 0 Å². The van der Waals surface area contributed by atoms with E-state index < -0.39 is 5.60 Å². The summed E-state index contributed by atoms with van der Waals surface area (Å²) in [7, 11) is 0. The summed E-state index contributed by atoms with van der Waals surface area (Å²) in [5, 5.41) is 10.8. The van der Waals surface area contributed by atoms with Gasteiger partial charge in [0.05, 0.1) is 5.60 Å². The highest BCUT2D eigenvalue weighted by Crippen LogP contribution is 2.43. The van der Waals surface area contributed by atoms with Gasteiger partial charge in [-0.15, -0.1) is 0 Å². The van der Waals surface area contributed by atoms with E-state index in [9.17, 15) is 5.11 Å². The Kier molecular flexibility index (Phi) is 3.34. The van der Waals surface area contributed by atoms with Crippen molar-refractivity contribution in [3.05, 3.63) is 35.4 Å². The van der Waals surface area contributed by atoms with E-state index in [-0.39, 0.29) is 0 Å². The Morgan fingerprint density at radius 3 is 2.88 bits per heavy atom. The van der Waals surface area contributed by atoms with Crippen molar-refractivity contribution in [1.82, 2.24) is 0 Å². The van der Waals surface area contributed by atoms with E-state index in [1.54, 1.807) is 0 Å². The van der Waals surface area contributed by atoms with E-state index in [2.05, 4.69) is 32.0 Å². The van der Waals surface area contributed by atoms with E-state index in [0.717, 1.165) is 32.1 Å². The van der Waals surface area contributed by atoms with Crippen molar-refractivity contribution in [2.75, 3.05) is 0 Å². The first-order valence-corrected chi connectivity index (χ1v) is 6.49. The molecule has 0 spiro atoms. The minimum atomic E-state index is -0.556. The van der Waals surface area contributed by atoms with E-state index in [1.807, 2.05) is 6.07 Å². The molecule has 1 heteroatoms. The number of unbranched alkanes of at least 4 members (excludes halogenated alkanes) is 1. The molecule has 16 heavy (non-hydrogen) atoms. The molecule has 1 aliphatic rings. The van der Waals surface area contributed by atoms with Crippen LogP contribution >= 0.6 is 0 Å². The zero-order valence-corrected chi connectivity index (χ0v) is 10.4. The molecule has 0 heterocycles. The van der Waals surface area contributed by atoms with Crippen molar-refractivity contribution in [2.45, 2.75) is 57.5 Å². The molecule has 2 unspecified atom stereocenters. The molecule has 2 rings (SSSR count). The van der Waals surface area contributed by atoms with Crippen molar-refractivity contribution in [3.8, 4) is 0 Å². The van der Waals surface area contributed by atoms with Gasteiger partial charge in [-0.3, -0.25) is 0 Å². The quantitative estimate of drug-likeness (QED) is 0.814. The second kappa shape index (κ2) is 4.58. The molecule has 0 fully saturated rings. The van der Waals surface area contributed by atoms with Crippen LogP contribution in [0.25, 0.3) is 0 Å². The second-order valence-electron chi connectivity index (χ2n) is 5.16. The van der Waals surface area contributed by atoms with E-state index in [1.165, 1.54) is 11.1 Å². The van der Waals surface area contributed by atoms with Crippen molar-refractivity contribution < 1.29 is 5.11 Å². The van der Waals surface area contributed by atoms with Gasteiger partial charge in [-0.25, -0.2) is 0 Å². The lowest BCUT2D eigenvalue weighted by Crippen LogP contribution is -2.31. The molecule has 2 atom stereocenters. The fourth-order valence-electron chi connectivity index (χ4n) is 2.82. The van der Waals surface area contributed by atoms with Crippen LogP contribution in [0.5, 0.6) is 0 Å². The summed E-state index contributed by atoms with van der Waals surface area (Å²) in [4.78, 5) is 0. The number of aliphatic hydroxyl groups is 1. The summed E-state index contributed by atoms with van der Waals surface area (Å²) in [5.74, 6) is 0.595. The molecular formula is C15H22O. The average Bonchev–Trinajstić information content (AvgIpc) is 2.32. The van der Waals surface area contributed by atoms with Crippen LogP contribution < -0.4 is 0 Å². The molecule has 0 radical (unpaired) electrons. The standard InChI is InChI=1S/C15H22O/c1-3-4-10-15(16)11-9-12(2)13-7-5-6-8-14(13)15/h5-8,12,16H,3-4,9-11H2,1-2H3. The summed E-state index contributed by atoms with van der Waals surface area (Å²) >= 11 is 0. The highest BCUT2D eigenvalue weighted by Gasteiger charge is 2.35. The molecule has 0 amide bonds. The van der Waals surface area contributed by atoms with Crippen LogP contribution in [0.15, 0.2) is 24.3 Å². The maximum absolute atomic E-state index is 10.8. The molecule has 1 nitrogen and oxygen atoms in total. The Bertz CT molecular complexity index is 358. The molecule has 1 aromatic carbocycles. The molecule has 0 aliphatic heterocycles. The largest absolute Gasteiger partial charge is 0.385 e. The Hall–Kier alpha value is -0.820. The average molecular weight is 218 g/mol. The van der Waals surface area contributed by atoms with Crippen LogP contribution in [0, 0.1) is 0 Å². The summed E-state index contributed by atoms with van der Waals surface area (Å²) < 4.78 is 0. The van der Waals surface area contributed by atoms with Gasteiger partial charge in [-0.05, 0) is 36.3 Å². The lowest BCUT2D eigenvalue weighted by atomic mass is 9.72.